The van der Waals surface area contributed by atoms with Gasteiger partial charge in [-0.2, -0.15) is 0 Å². The van der Waals surface area contributed by atoms with Gasteiger partial charge in [0.15, 0.2) is 0 Å². The molecule has 320 valence electrons. The molecule has 4 fully saturated rings. The van der Waals surface area contributed by atoms with Gasteiger partial charge in [0.1, 0.15) is 17.6 Å². The first-order valence-corrected chi connectivity index (χ1v) is 22.1. The van der Waals surface area contributed by atoms with Crippen LogP contribution < -0.4 is 15.6 Å². The minimum absolute atomic E-state index is 0.0292. The molecule has 4 aromatic carbocycles. The number of piperidine rings is 4. The number of nitrogens with zero attached hydrogens (tertiary/aromatic N) is 2. The van der Waals surface area contributed by atoms with Crippen LogP contribution in [-0.4, -0.2) is 95.4 Å². The Labute approximate surface area is 357 Å². The number of esters is 1. The Bertz CT molecular complexity index is 2320. The number of hydrogen-bond acceptors (Lipinski definition) is 9. The van der Waals surface area contributed by atoms with Gasteiger partial charge in [-0.1, -0.05) is 72.8 Å². The number of aliphatic hydroxyl groups excluding tert-OH is 1. The Morgan fingerprint density at radius 3 is 2.36 bits per heavy atom. The van der Waals surface area contributed by atoms with Crippen LogP contribution in [0.15, 0.2) is 108 Å². The van der Waals surface area contributed by atoms with Crippen molar-refractivity contribution >= 4 is 22.8 Å². The van der Waals surface area contributed by atoms with E-state index in [4.69, 9.17) is 9.47 Å². The highest BCUT2D eigenvalue weighted by molar-refractivity contribution is 5.87. The smallest absolute Gasteiger partial charge is 0.317 e. The number of unbranched alkanes of at least 4 members (excludes halogenated alkanes) is 2. The molecule has 5 aromatic rings. The third kappa shape index (κ3) is 9.85. The van der Waals surface area contributed by atoms with Gasteiger partial charge in [0.05, 0.1) is 23.6 Å². The monoisotopic (exact) mass is 826 g/mol. The average molecular weight is 827 g/mol. The van der Waals surface area contributed by atoms with E-state index in [1.807, 2.05) is 59.5 Å². The van der Waals surface area contributed by atoms with Gasteiger partial charge in [-0.25, -0.2) is 0 Å². The maximum atomic E-state index is 14.1. The summed E-state index contributed by atoms with van der Waals surface area (Å²) in [7, 11) is 0. The minimum Gasteiger partial charge on any atom is -0.506 e. The number of ether oxygens (including phenoxy) is 2. The van der Waals surface area contributed by atoms with Gasteiger partial charge in [0.25, 0.3) is 0 Å². The number of aryl methyl sites for hydroxylation is 1. The molecule has 1 amide bonds. The Hall–Kier alpha value is -5.49. The SMILES string of the molecule is O=C(CCc1ccc(OCCCCCNCC(O)c2ccc(O)c3[nH]c(=O)ccc23)c(-c2ccccc2)c1)N1CCC(C(=O)OC2CN3CCC2CC3)(c2ccccc2)CC1. The van der Waals surface area contributed by atoms with Crippen molar-refractivity contribution in [1.82, 2.24) is 20.1 Å². The normalized spacial score (nSPS) is 20.0. The average Bonchev–Trinajstić information content (AvgIpc) is 3.30. The summed E-state index contributed by atoms with van der Waals surface area (Å²) in [6.07, 6.45) is 6.14. The van der Waals surface area contributed by atoms with E-state index in [9.17, 15) is 24.6 Å². The lowest BCUT2D eigenvalue weighted by molar-refractivity contribution is -0.168. The number of phenols is 1. The van der Waals surface area contributed by atoms with Crippen LogP contribution in [0.5, 0.6) is 11.5 Å². The summed E-state index contributed by atoms with van der Waals surface area (Å²) < 4.78 is 12.7. The molecule has 4 aliphatic rings. The van der Waals surface area contributed by atoms with Crippen molar-refractivity contribution < 1.29 is 29.3 Å². The molecule has 1 aromatic heterocycles. The molecule has 2 bridgehead atoms. The number of benzene rings is 4. The van der Waals surface area contributed by atoms with Crippen LogP contribution in [0.25, 0.3) is 22.0 Å². The van der Waals surface area contributed by atoms with Crippen LogP contribution >= 0.6 is 0 Å². The van der Waals surface area contributed by atoms with Gasteiger partial charge >= 0.3 is 5.97 Å². The number of fused-ring (bicyclic) bond motifs is 4. The van der Waals surface area contributed by atoms with Crippen LogP contribution in [0.1, 0.15) is 74.2 Å². The largest absolute Gasteiger partial charge is 0.506 e. The van der Waals surface area contributed by atoms with Crippen molar-refractivity contribution in [2.45, 2.75) is 75.4 Å². The molecule has 5 heterocycles. The fraction of sp³-hybridized carbons (Fsp3) is 0.420. The molecule has 2 unspecified atom stereocenters. The number of carbonyl (C=O) groups excluding carboxylic acids is 2. The number of aromatic nitrogens is 1. The Morgan fingerprint density at radius 2 is 1.62 bits per heavy atom. The number of carbonyl (C=O) groups is 2. The highest BCUT2D eigenvalue weighted by Gasteiger charge is 2.47. The predicted octanol–water partition coefficient (Wildman–Crippen LogP) is 6.90. The zero-order valence-electron chi connectivity index (χ0n) is 34.9. The zero-order chi connectivity index (χ0) is 42.2. The molecule has 0 radical (unpaired) electrons. The van der Waals surface area contributed by atoms with Gasteiger partial charge in [-0.3, -0.25) is 19.3 Å². The van der Waals surface area contributed by atoms with Gasteiger partial charge in [-0.05, 0) is 123 Å². The number of amides is 1. The molecule has 4 aliphatic heterocycles. The summed E-state index contributed by atoms with van der Waals surface area (Å²) in [5.74, 6) is 1.19. The number of phenolic OH excluding ortho intramolecular Hbond substituents is 1. The fourth-order valence-electron chi connectivity index (χ4n) is 9.52. The molecule has 11 nitrogen and oxygen atoms in total. The molecular formula is C50H58N4O7. The second-order valence-electron chi connectivity index (χ2n) is 17.0. The number of likely N-dealkylation sites (tertiary alicyclic amines) is 1. The molecule has 0 saturated carbocycles. The molecule has 0 aliphatic carbocycles. The van der Waals surface area contributed by atoms with Crippen LogP contribution in [0.2, 0.25) is 0 Å². The molecule has 4 N–H and O–H groups in total. The number of H-pyrrole nitrogens is 1. The second kappa shape index (κ2) is 19.5. The van der Waals surface area contributed by atoms with Gasteiger partial charge in [0.2, 0.25) is 11.5 Å². The number of nitrogens with one attached hydrogen (secondary N) is 2. The second-order valence-corrected chi connectivity index (χ2v) is 17.0. The molecule has 11 heteroatoms. The van der Waals surface area contributed by atoms with Crippen LogP contribution in [0, 0.1) is 5.92 Å². The van der Waals surface area contributed by atoms with E-state index < -0.39 is 11.5 Å². The van der Waals surface area contributed by atoms with E-state index in [1.54, 1.807) is 12.1 Å². The summed E-state index contributed by atoms with van der Waals surface area (Å²) in [6.45, 7) is 5.68. The molecular weight excluding hydrogens is 769 g/mol. The van der Waals surface area contributed by atoms with E-state index in [-0.39, 0.29) is 29.3 Å². The van der Waals surface area contributed by atoms with Crippen molar-refractivity contribution in [1.29, 1.82) is 0 Å². The number of aromatic hydroxyl groups is 1. The third-order valence-corrected chi connectivity index (χ3v) is 13.2. The maximum absolute atomic E-state index is 14.1. The molecule has 4 saturated heterocycles. The molecule has 61 heavy (non-hydrogen) atoms. The van der Waals surface area contributed by atoms with E-state index in [2.05, 4.69) is 39.5 Å². The lowest BCUT2D eigenvalue weighted by atomic mass is 9.72. The highest BCUT2D eigenvalue weighted by Crippen LogP contribution is 2.40. The maximum Gasteiger partial charge on any atom is 0.317 e. The van der Waals surface area contributed by atoms with Crippen LogP contribution in [0.4, 0.5) is 0 Å². The number of aromatic amines is 1. The van der Waals surface area contributed by atoms with E-state index >= 15 is 0 Å². The van der Waals surface area contributed by atoms with Crippen molar-refractivity contribution in [3.05, 3.63) is 130 Å². The summed E-state index contributed by atoms with van der Waals surface area (Å²) >= 11 is 0. The molecule has 9 rings (SSSR count). The highest BCUT2D eigenvalue weighted by atomic mass is 16.5. The minimum atomic E-state index is -0.795. The summed E-state index contributed by atoms with van der Waals surface area (Å²) in [6, 6.07) is 32.6. The lowest BCUT2D eigenvalue weighted by Gasteiger charge is -2.46. The first kappa shape index (κ1) is 42.2. The van der Waals surface area contributed by atoms with Gasteiger partial charge < -0.3 is 34.9 Å². The molecule has 0 spiro atoms. The lowest BCUT2D eigenvalue weighted by Crippen LogP contribution is -2.55. The first-order valence-electron chi connectivity index (χ1n) is 22.1. The molecule has 2 atom stereocenters. The summed E-state index contributed by atoms with van der Waals surface area (Å²) in [5, 5.41) is 24.9. The number of aliphatic hydroxyl groups is 1. The predicted molar refractivity (Wildman–Crippen MR) is 237 cm³/mol. The van der Waals surface area contributed by atoms with Crippen molar-refractivity contribution in [2.75, 3.05) is 52.4 Å². The van der Waals surface area contributed by atoms with E-state index in [0.717, 1.165) is 86.3 Å². The Kier molecular flexibility index (Phi) is 13.5. The Balaban J connectivity index is 0.811. The van der Waals surface area contributed by atoms with E-state index in [1.165, 1.54) is 12.1 Å². The quantitative estimate of drug-likeness (QED) is 0.0582. The van der Waals surface area contributed by atoms with Crippen LogP contribution in [-0.2, 0) is 26.2 Å². The fourth-order valence-corrected chi connectivity index (χ4v) is 9.52. The van der Waals surface area contributed by atoms with Crippen molar-refractivity contribution in [2.24, 2.45) is 5.92 Å². The number of rotatable bonds is 17. The summed E-state index contributed by atoms with van der Waals surface area (Å²) in [4.78, 5) is 46.5. The van der Waals surface area contributed by atoms with E-state index in [0.29, 0.717) is 74.3 Å². The topological polar surface area (TPSA) is 144 Å². The standard InChI is InChI=1S/C50H58N4O7/c55-42-18-16-39(40-17-20-46(57)52-48(40)42)43(56)33-51-26-8-3-9-31-60-44-19-14-35(32-41(44)36-10-4-1-5-11-36)15-21-47(58)54-29-24-50(25-30-54,38-12-6-2-7-13-38)49(59)61-45-34-53-27-22-37(45)23-28-53/h1-2,4-7,10-14,16-20,32,37,43,45,51,55-56H,3,8-9,15,21-31,33-34H2,(H,52,57). The van der Waals surface area contributed by atoms with Crippen LogP contribution in [0.3, 0.4) is 0 Å². The zero-order valence-corrected chi connectivity index (χ0v) is 34.9. The number of hydrogen-bond donors (Lipinski definition) is 4. The van der Waals surface area contributed by atoms with Crippen molar-refractivity contribution in [3.8, 4) is 22.6 Å². The Morgan fingerprint density at radius 1 is 0.869 bits per heavy atom. The van der Waals surface area contributed by atoms with Crippen molar-refractivity contribution in [3.63, 3.8) is 0 Å². The van der Waals surface area contributed by atoms with Gasteiger partial charge in [-0.15, -0.1) is 0 Å². The number of pyridine rings is 1. The first-order chi connectivity index (χ1) is 29.8. The summed E-state index contributed by atoms with van der Waals surface area (Å²) in [5.41, 5.74) is 4.01. The third-order valence-electron chi connectivity index (χ3n) is 13.2. The van der Waals surface area contributed by atoms with Gasteiger partial charge in [0, 0.05) is 49.6 Å².